The molecule has 0 bridgehead atoms. The molecule has 0 unspecified atom stereocenters. The summed E-state index contributed by atoms with van der Waals surface area (Å²) in [6.45, 7) is 1.55. The first-order valence-corrected chi connectivity index (χ1v) is 7.83. The number of nitrogens with one attached hydrogen (secondary N) is 1. The van der Waals surface area contributed by atoms with Crippen LogP contribution in [-0.2, 0) is 0 Å². The van der Waals surface area contributed by atoms with E-state index in [9.17, 15) is 18.4 Å². The molecular weight excluding hydrogens is 342 g/mol. The Morgan fingerprint density at radius 2 is 1.96 bits per heavy atom. The van der Waals surface area contributed by atoms with Crippen molar-refractivity contribution in [2.24, 2.45) is 5.73 Å². The van der Waals surface area contributed by atoms with Crippen molar-refractivity contribution in [2.45, 2.75) is 13.0 Å². The van der Waals surface area contributed by atoms with Gasteiger partial charge in [0.25, 0.3) is 5.56 Å². The molecule has 0 radical (unpaired) electrons. The Kier molecular flexibility index (Phi) is 4.56. The van der Waals surface area contributed by atoms with E-state index in [1.54, 1.807) is 6.92 Å². The van der Waals surface area contributed by atoms with Crippen LogP contribution in [0, 0.1) is 11.6 Å². The molecule has 0 fully saturated rings. The predicted molar refractivity (Wildman–Crippen MR) is 93.5 cm³/mol. The normalized spacial score (nSPS) is 12.2. The van der Waals surface area contributed by atoms with Gasteiger partial charge >= 0.3 is 0 Å². The maximum absolute atomic E-state index is 14.9. The van der Waals surface area contributed by atoms with Gasteiger partial charge in [0.2, 0.25) is 0 Å². The van der Waals surface area contributed by atoms with Crippen LogP contribution in [0.5, 0.6) is 5.75 Å². The SMILES string of the molecule is COc1c([C@H](C)N)cc(F)c(C(=O)c2cccc3c(=O)[nH]ccc23)c1F. The van der Waals surface area contributed by atoms with Crippen LogP contribution in [0.15, 0.2) is 41.3 Å². The molecule has 3 N–H and O–H groups in total. The summed E-state index contributed by atoms with van der Waals surface area (Å²) >= 11 is 0. The number of ether oxygens (including phenoxy) is 1. The van der Waals surface area contributed by atoms with Gasteiger partial charge in [-0.05, 0) is 30.5 Å². The fraction of sp³-hybridized carbons (Fsp3) is 0.158. The second-order valence-corrected chi connectivity index (χ2v) is 5.86. The highest BCUT2D eigenvalue weighted by atomic mass is 19.1. The van der Waals surface area contributed by atoms with E-state index in [4.69, 9.17) is 10.5 Å². The third-order valence-corrected chi connectivity index (χ3v) is 4.18. The number of fused-ring (bicyclic) bond motifs is 1. The van der Waals surface area contributed by atoms with Crippen molar-refractivity contribution in [3.05, 3.63) is 75.2 Å². The van der Waals surface area contributed by atoms with Gasteiger partial charge in [0.1, 0.15) is 5.82 Å². The zero-order valence-corrected chi connectivity index (χ0v) is 14.1. The fourth-order valence-electron chi connectivity index (χ4n) is 2.93. The van der Waals surface area contributed by atoms with Crippen LogP contribution < -0.4 is 16.0 Å². The lowest BCUT2D eigenvalue weighted by atomic mass is 9.95. The number of carbonyl (C=O) groups excluding carboxylic acids is 1. The average Bonchev–Trinajstić information content (AvgIpc) is 2.61. The molecule has 1 aromatic heterocycles. The van der Waals surface area contributed by atoms with Crippen LogP contribution in [-0.4, -0.2) is 17.9 Å². The topological polar surface area (TPSA) is 85.2 Å². The number of carbonyl (C=O) groups is 1. The number of aromatic nitrogens is 1. The number of hydrogen-bond acceptors (Lipinski definition) is 4. The number of pyridine rings is 1. The first kappa shape index (κ1) is 17.8. The van der Waals surface area contributed by atoms with E-state index >= 15 is 0 Å². The number of benzene rings is 2. The highest BCUT2D eigenvalue weighted by Crippen LogP contribution is 2.33. The van der Waals surface area contributed by atoms with E-state index in [-0.39, 0.29) is 22.3 Å². The fourth-order valence-corrected chi connectivity index (χ4v) is 2.93. The molecule has 134 valence electrons. The zero-order valence-electron chi connectivity index (χ0n) is 14.1. The van der Waals surface area contributed by atoms with E-state index < -0.39 is 34.6 Å². The Balaban J connectivity index is 2.27. The second-order valence-electron chi connectivity index (χ2n) is 5.86. The molecule has 0 saturated carbocycles. The lowest BCUT2D eigenvalue weighted by Gasteiger charge is -2.16. The summed E-state index contributed by atoms with van der Waals surface area (Å²) in [6.07, 6.45) is 1.37. The summed E-state index contributed by atoms with van der Waals surface area (Å²) < 4.78 is 34.4. The van der Waals surface area contributed by atoms with Crippen LogP contribution in [0.4, 0.5) is 8.78 Å². The summed E-state index contributed by atoms with van der Waals surface area (Å²) in [5.41, 5.74) is 4.70. The molecule has 5 nitrogen and oxygen atoms in total. The van der Waals surface area contributed by atoms with Crippen molar-refractivity contribution in [1.29, 1.82) is 0 Å². The minimum atomic E-state index is -1.12. The van der Waals surface area contributed by atoms with Crippen LogP contribution in [0.3, 0.4) is 0 Å². The van der Waals surface area contributed by atoms with E-state index in [1.165, 1.54) is 37.6 Å². The highest BCUT2D eigenvalue weighted by molar-refractivity contribution is 6.16. The average molecular weight is 358 g/mol. The van der Waals surface area contributed by atoms with Gasteiger partial charge < -0.3 is 15.5 Å². The molecule has 0 amide bonds. The summed E-state index contributed by atoms with van der Waals surface area (Å²) in [7, 11) is 1.22. The molecule has 1 heterocycles. The largest absolute Gasteiger partial charge is 0.493 e. The van der Waals surface area contributed by atoms with Crippen molar-refractivity contribution in [3.8, 4) is 5.75 Å². The monoisotopic (exact) mass is 358 g/mol. The lowest BCUT2D eigenvalue weighted by Crippen LogP contribution is -2.15. The Labute approximate surface area is 147 Å². The standard InChI is InChI=1S/C19H16F2N2O3/c1-9(22)13-8-14(20)15(16(21)18(13)26-2)17(24)11-4-3-5-12-10(11)6-7-23-19(12)25/h3-9H,22H2,1-2H3,(H,23,25)/t9-/m0/s1. The zero-order chi connectivity index (χ0) is 19.0. The highest BCUT2D eigenvalue weighted by Gasteiger charge is 2.27. The second kappa shape index (κ2) is 6.68. The van der Waals surface area contributed by atoms with Gasteiger partial charge in [-0.25, -0.2) is 8.78 Å². The molecule has 0 saturated heterocycles. The van der Waals surface area contributed by atoms with E-state index in [0.29, 0.717) is 5.39 Å². The molecule has 2 aromatic carbocycles. The van der Waals surface area contributed by atoms with Crippen molar-refractivity contribution in [2.75, 3.05) is 7.11 Å². The van der Waals surface area contributed by atoms with E-state index in [1.807, 2.05) is 0 Å². The van der Waals surface area contributed by atoms with Crippen LogP contribution in [0.1, 0.15) is 34.5 Å². The van der Waals surface area contributed by atoms with Crippen LogP contribution in [0.25, 0.3) is 10.8 Å². The third-order valence-electron chi connectivity index (χ3n) is 4.18. The maximum Gasteiger partial charge on any atom is 0.255 e. The van der Waals surface area contributed by atoms with Gasteiger partial charge in [0, 0.05) is 28.8 Å². The summed E-state index contributed by atoms with van der Waals surface area (Å²) in [5.74, 6) is -3.32. The molecule has 7 heteroatoms. The van der Waals surface area contributed by atoms with Gasteiger partial charge in [-0.2, -0.15) is 0 Å². The molecule has 1 atom stereocenters. The smallest absolute Gasteiger partial charge is 0.255 e. The summed E-state index contributed by atoms with van der Waals surface area (Å²) in [4.78, 5) is 27.3. The predicted octanol–water partition coefficient (Wildman–Crippen LogP) is 3.07. The Bertz CT molecular complexity index is 1070. The molecular formula is C19H16F2N2O3. The molecule has 3 rings (SSSR count). The Morgan fingerprint density at radius 1 is 1.23 bits per heavy atom. The van der Waals surface area contributed by atoms with Crippen molar-refractivity contribution in [3.63, 3.8) is 0 Å². The van der Waals surface area contributed by atoms with Gasteiger partial charge in [0.05, 0.1) is 12.7 Å². The molecule has 0 aliphatic rings. The quantitative estimate of drug-likeness (QED) is 0.702. The molecule has 0 spiro atoms. The molecule has 0 aliphatic carbocycles. The number of halogens is 2. The van der Waals surface area contributed by atoms with Gasteiger partial charge in [-0.1, -0.05) is 12.1 Å². The minimum absolute atomic E-state index is 0.0157. The first-order valence-electron chi connectivity index (χ1n) is 7.83. The molecule has 3 aromatic rings. The number of aromatic amines is 1. The van der Waals surface area contributed by atoms with Crippen LogP contribution >= 0.6 is 0 Å². The number of methoxy groups -OCH3 is 1. The Hall–Kier alpha value is -3.06. The first-order chi connectivity index (χ1) is 12.4. The Morgan fingerprint density at radius 3 is 2.62 bits per heavy atom. The van der Waals surface area contributed by atoms with E-state index in [0.717, 1.165) is 6.07 Å². The third kappa shape index (κ3) is 2.76. The maximum atomic E-state index is 14.9. The van der Waals surface area contributed by atoms with Crippen molar-refractivity contribution >= 4 is 16.6 Å². The van der Waals surface area contributed by atoms with Crippen molar-refractivity contribution in [1.82, 2.24) is 4.98 Å². The summed E-state index contributed by atoms with van der Waals surface area (Å²) in [6, 6.07) is 6.24. The van der Waals surface area contributed by atoms with Gasteiger partial charge in [0.15, 0.2) is 17.3 Å². The van der Waals surface area contributed by atoms with Gasteiger partial charge in [-0.15, -0.1) is 0 Å². The van der Waals surface area contributed by atoms with Crippen LogP contribution in [0.2, 0.25) is 0 Å². The lowest BCUT2D eigenvalue weighted by molar-refractivity contribution is 0.103. The van der Waals surface area contributed by atoms with Gasteiger partial charge in [-0.3, -0.25) is 9.59 Å². The summed E-state index contributed by atoms with van der Waals surface area (Å²) in [5, 5.41) is 0.550. The molecule has 0 aliphatic heterocycles. The minimum Gasteiger partial charge on any atom is -0.493 e. The molecule has 26 heavy (non-hydrogen) atoms. The number of rotatable bonds is 4. The number of ketones is 1. The number of nitrogens with two attached hydrogens (primary N) is 1. The van der Waals surface area contributed by atoms with E-state index in [2.05, 4.69) is 4.98 Å². The number of hydrogen-bond donors (Lipinski definition) is 2. The van der Waals surface area contributed by atoms with Crippen molar-refractivity contribution < 1.29 is 18.3 Å². The number of H-pyrrole nitrogens is 1.